The lowest BCUT2D eigenvalue weighted by Crippen LogP contribution is -2.30. The number of nitrogens with one attached hydrogen (secondary N) is 1. The second-order valence-corrected chi connectivity index (χ2v) is 10.3. The lowest BCUT2D eigenvalue weighted by atomic mass is 10.1. The number of rotatable bonds is 10. The maximum absolute atomic E-state index is 12.6. The van der Waals surface area contributed by atoms with E-state index in [2.05, 4.69) is 10.3 Å². The molecule has 0 atom stereocenters. The number of anilines is 1. The zero-order chi connectivity index (χ0) is 24.0. The lowest BCUT2D eigenvalue weighted by molar-refractivity contribution is -0.113. The molecule has 1 heterocycles. The molecule has 0 saturated carbocycles. The number of fused-ring (bicyclic) bond motifs is 1. The third-order valence-electron chi connectivity index (χ3n) is 5.06. The van der Waals surface area contributed by atoms with Crippen LogP contribution in [0.1, 0.15) is 26.3 Å². The first-order valence-electron chi connectivity index (χ1n) is 10.9. The standard InChI is InChI=1S/C24H29N3O4S2/c1-5-27(6-2)33(29,30)21-11-8-19(9-12-21)25-23(28)16-32-24-17(4)14-18-15-20(31-7-3)10-13-22(18)26-24/h8-15H,5-7,16H2,1-4H3,(H,25,28). The number of sulfonamides is 1. The van der Waals surface area contributed by atoms with Gasteiger partial charge in [0.1, 0.15) is 10.8 Å². The number of aryl methyl sites for hydroxylation is 1. The Hall–Kier alpha value is -2.62. The van der Waals surface area contributed by atoms with Gasteiger partial charge in [0.25, 0.3) is 0 Å². The van der Waals surface area contributed by atoms with Crippen molar-refractivity contribution in [1.29, 1.82) is 0 Å². The molecule has 3 aromatic rings. The van der Waals surface area contributed by atoms with Crippen molar-refractivity contribution < 1.29 is 17.9 Å². The average molecular weight is 488 g/mol. The molecule has 176 valence electrons. The molecule has 3 rings (SSSR count). The summed E-state index contributed by atoms with van der Waals surface area (Å²) >= 11 is 1.36. The van der Waals surface area contributed by atoms with Crippen LogP contribution in [0.3, 0.4) is 0 Å². The number of hydrogen-bond acceptors (Lipinski definition) is 6. The number of aromatic nitrogens is 1. The summed E-state index contributed by atoms with van der Waals surface area (Å²) in [5.41, 5.74) is 2.38. The summed E-state index contributed by atoms with van der Waals surface area (Å²) in [7, 11) is -3.52. The van der Waals surface area contributed by atoms with Crippen LogP contribution in [0, 0.1) is 6.92 Å². The number of hydrogen-bond donors (Lipinski definition) is 1. The van der Waals surface area contributed by atoms with E-state index in [1.54, 1.807) is 26.0 Å². The molecule has 0 aliphatic heterocycles. The number of pyridine rings is 1. The Morgan fingerprint density at radius 1 is 1.06 bits per heavy atom. The van der Waals surface area contributed by atoms with Gasteiger partial charge in [-0.15, -0.1) is 0 Å². The maximum atomic E-state index is 12.6. The molecule has 2 aromatic carbocycles. The Morgan fingerprint density at radius 3 is 2.39 bits per heavy atom. The number of carbonyl (C=O) groups excluding carboxylic acids is 1. The summed E-state index contributed by atoms with van der Waals surface area (Å²) in [5, 5.41) is 4.60. The predicted molar refractivity (Wildman–Crippen MR) is 134 cm³/mol. The molecule has 33 heavy (non-hydrogen) atoms. The van der Waals surface area contributed by atoms with Crippen LogP contribution >= 0.6 is 11.8 Å². The van der Waals surface area contributed by atoms with E-state index in [1.165, 1.54) is 28.2 Å². The summed E-state index contributed by atoms with van der Waals surface area (Å²) < 4.78 is 32.1. The molecule has 9 heteroatoms. The van der Waals surface area contributed by atoms with Crippen LogP contribution in [0.5, 0.6) is 5.75 Å². The fourth-order valence-corrected chi connectivity index (χ4v) is 5.65. The van der Waals surface area contributed by atoms with E-state index >= 15 is 0 Å². The summed E-state index contributed by atoms with van der Waals surface area (Å²) in [5.74, 6) is 0.810. The molecule has 1 aromatic heterocycles. The third-order valence-corrected chi connectivity index (χ3v) is 8.22. The number of thioether (sulfide) groups is 1. The van der Waals surface area contributed by atoms with Crippen molar-refractivity contribution in [3.8, 4) is 5.75 Å². The second-order valence-electron chi connectivity index (χ2n) is 7.35. The zero-order valence-corrected chi connectivity index (χ0v) is 20.9. The van der Waals surface area contributed by atoms with Gasteiger partial charge in [0.15, 0.2) is 0 Å². The number of carbonyl (C=O) groups is 1. The summed E-state index contributed by atoms with van der Waals surface area (Å²) in [6, 6.07) is 14.0. The topological polar surface area (TPSA) is 88.6 Å². The number of ether oxygens (including phenoxy) is 1. The van der Waals surface area contributed by atoms with Crippen LogP contribution < -0.4 is 10.1 Å². The van der Waals surface area contributed by atoms with Crippen molar-refractivity contribution in [1.82, 2.24) is 9.29 Å². The Balaban J connectivity index is 1.64. The first kappa shape index (κ1) is 25.0. The van der Waals surface area contributed by atoms with E-state index < -0.39 is 10.0 Å². The number of nitrogens with zero attached hydrogens (tertiary/aromatic N) is 2. The highest BCUT2D eigenvalue weighted by atomic mass is 32.2. The fourth-order valence-electron chi connectivity index (χ4n) is 3.40. The first-order chi connectivity index (χ1) is 15.8. The minimum Gasteiger partial charge on any atom is -0.494 e. The molecule has 1 amide bonds. The van der Waals surface area contributed by atoms with Gasteiger partial charge in [0.2, 0.25) is 15.9 Å². The molecule has 0 aliphatic rings. The van der Waals surface area contributed by atoms with Crippen LogP contribution in [-0.4, -0.2) is 49.1 Å². The van der Waals surface area contributed by atoms with E-state index in [1.807, 2.05) is 38.1 Å². The summed E-state index contributed by atoms with van der Waals surface area (Å²) in [6.07, 6.45) is 0. The van der Waals surface area contributed by atoms with Crippen LogP contribution in [0.15, 0.2) is 58.5 Å². The highest BCUT2D eigenvalue weighted by molar-refractivity contribution is 8.00. The quantitative estimate of drug-likeness (QED) is 0.417. The zero-order valence-electron chi connectivity index (χ0n) is 19.3. The molecule has 0 radical (unpaired) electrons. The van der Waals surface area contributed by atoms with Gasteiger partial charge in [-0.2, -0.15) is 4.31 Å². The van der Waals surface area contributed by atoms with Crippen molar-refractivity contribution in [2.75, 3.05) is 30.8 Å². The van der Waals surface area contributed by atoms with E-state index in [4.69, 9.17) is 4.74 Å². The summed E-state index contributed by atoms with van der Waals surface area (Å²) in [6.45, 7) is 8.94. The Labute approximate surface area is 199 Å². The average Bonchev–Trinajstić information content (AvgIpc) is 2.79. The molecule has 0 aliphatic carbocycles. The van der Waals surface area contributed by atoms with Crippen LogP contribution in [-0.2, 0) is 14.8 Å². The van der Waals surface area contributed by atoms with Crippen molar-refractivity contribution in [2.24, 2.45) is 0 Å². The molecule has 1 N–H and O–H groups in total. The Bertz CT molecular complexity index is 1220. The van der Waals surface area contributed by atoms with Gasteiger partial charge in [-0.25, -0.2) is 13.4 Å². The molecular formula is C24H29N3O4S2. The van der Waals surface area contributed by atoms with Crippen LogP contribution in [0.4, 0.5) is 5.69 Å². The minimum absolute atomic E-state index is 0.188. The molecule has 0 spiro atoms. The van der Waals surface area contributed by atoms with Gasteiger partial charge in [-0.1, -0.05) is 25.6 Å². The molecule has 7 nitrogen and oxygen atoms in total. The smallest absolute Gasteiger partial charge is 0.243 e. The number of benzene rings is 2. The highest BCUT2D eigenvalue weighted by Gasteiger charge is 2.21. The molecule has 0 unspecified atom stereocenters. The van der Waals surface area contributed by atoms with Crippen molar-refractivity contribution in [3.63, 3.8) is 0 Å². The van der Waals surface area contributed by atoms with Gasteiger partial charge in [-0.05, 0) is 67.9 Å². The predicted octanol–water partition coefficient (Wildman–Crippen LogP) is 4.70. The van der Waals surface area contributed by atoms with Gasteiger partial charge in [0.05, 0.1) is 22.8 Å². The van der Waals surface area contributed by atoms with Crippen LogP contribution in [0.2, 0.25) is 0 Å². The largest absolute Gasteiger partial charge is 0.494 e. The van der Waals surface area contributed by atoms with Crippen molar-refractivity contribution >= 4 is 44.3 Å². The van der Waals surface area contributed by atoms with E-state index in [0.29, 0.717) is 25.4 Å². The minimum atomic E-state index is -3.52. The molecule has 0 saturated heterocycles. The SMILES string of the molecule is CCOc1ccc2nc(SCC(=O)Nc3ccc(S(=O)(=O)N(CC)CC)cc3)c(C)cc2c1. The number of amides is 1. The molecule has 0 bridgehead atoms. The second kappa shape index (κ2) is 11.0. The Kier molecular flexibility index (Phi) is 8.34. The normalized spacial score (nSPS) is 11.7. The fraction of sp³-hybridized carbons (Fsp3) is 0.333. The van der Waals surface area contributed by atoms with E-state index in [0.717, 1.165) is 27.2 Å². The van der Waals surface area contributed by atoms with Gasteiger partial charge < -0.3 is 10.1 Å². The Morgan fingerprint density at radius 2 is 1.76 bits per heavy atom. The third kappa shape index (κ3) is 6.04. The lowest BCUT2D eigenvalue weighted by Gasteiger charge is -2.18. The van der Waals surface area contributed by atoms with E-state index in [-0.39, 0.29) is 16.6 Å². The summed E-state index contributed by atoms with van der Waals surface area (Å²) in [4.78, 5) is 17.3. The monoisotopic (exact) mass is 487 g/mol. The first-order valence-corrected chi connectivity index (χ1v) is 13.3. The van der Waals surface area contributed by atoms with Gasteiger partial charge in [-0.3, -0.25) is 4.79 Å². The van der Waals surface area contributed by atoms with Crippen LogP contribution in [0.25, 0.3) is 10.9 Å². The van der Waals surface area contributed by atoms with Gasteiger partial charge in [0, 0.05) is 24.2 Å². The maximum Gasteiger partial charge on any atom is 0.243 e. The van der Waals surface area contributed by atoms with Gasteiger partial charge >= 0.3 is 0 Å². The molecule has 0 fully saturated rings. The molecular weight excluding hydrogens is 458 g/mol. The highest BCUT2D eigenvalue weighted by Crippen LogP contribution is 2.27. The van der Waals surface area contributed by atoms with Crippen molar-refractivity contribution in [3.05, 3.63) is 54.1 Å². The van der Waals surface area contributed by atoms with E-state index in [9.17, 15) is 13.2 Å². The van der Waals surface area contributed by atoms with Crippen molar-refractivity contribution in [2.45, 2.75) is 37.6 Å².